The van der Waals surface area contributed by atoms with Crippen molar-refractivity contribution in [3.8, 4) is 0 Å². The summed E-state index contributed by atoms with van der Waals surface area (Å²) in [6, 6.07) is 0. The van der Waals surface area contributed by atoms with E-state index < -0.39 is 18.2 Å². The van der Waals surface area contributed by atoms with Crippen molar-refractivity contribution in [2.24, 2.45) is 5.41 Å². The molecular formula is C12H21F2NO3. The average Bonchev–Trinajstić information content (AvgIpc) is 2.88. The Labute approximate surface area is 106 Å². The van der Waals surface area contributed by atoms with Gasteiger partial charge < -0.3 is 5.32 Å². The Bertz CT molecular complexity index is 292. The third-order valence-corrected chi connectivity index (χ3v) is 2.15. The summed E-state index contributed by atoms with van der Waals surface area (Å²) in [5, 5.41) is 2.24. The van der Waals surface area contributed by atoms with E-state index in [1.807, 2.05) is 20.8 Å². The van der Waals surface area contributed by atoms with Gasteiger partial charge in [0.15, 0.2) is 0 Å². The molecule has 1 amide bonds. The van der Waals surface area contributed by atoms with E-state index in [1.54, 1.807) is 6.92 Å². The third-order valence-electron chi connectivity index (χ3n) is 2.15. The van der Waals surface area contributed by atoms with E-state index in [0.29, 0.717) is 0 Å². The van der Waals surface area contributed by atoms with Crippen LogP contribution in [0.5, 0.6) is 0 Å². The Morgan fingerprint density at radius 2 is 1.78 bits per heavy atom. The lowest BCUT2D eigenvalue weighted by Gasteiger charge is -2.16. The summed E-state index contributed by atoms with van der Waals surface area (Å²) in [6.45, 7) is 6.87. The van der Waals surface area contributed by atoms with Crippen molar-refractivity contribution in [1.29, 1.82) is 0 Å². The molecule has 18 heavy (non-hydrogen) atoms. The first-order valence-corrected chi connectivity index (χ1v) is 5.83. The van der Waals surface area contributed by atoms with Crippen LogP contribution in [-0.2, 0) is 14.5 Å². The van der Waals surface area contributed by atoms with E-state index in [0.717, 1.165) is 12.8 Å². The molecular weight excluding hydrogens is 244 g/mol. The first-order chi connectivity index (χ1) is 8.06. The Hall–Kier alpha value is -1.20. The maximum absolute atomic E-state index is 11.8. The molecule has 0 saturated heterocycles. The van der Waals surface area contributed by atoms with Crippen molar-refractivity contribution in [2.45, 2.75) is 52.6 Å². The lowest BCUT2D eigenvalue weighted by Crippen LogP contribution is -2.32. The highest BCUT2D eigenvalue weighted by atomic mass is 19.3. The Morgan fingerprint density at radius 1 is 1.33 bits per heavy atom. The van der Waals surface area contributed by atoms with Crippen LogP contribution in [0.25, 0.3) is 0 Å². The molecule has 0 atom stereocenters. The average molecular weight is 265 g/mol. The molecule has 0 aromatic rings. The second-order valence-electron chi connectivity index (χ2n) is 5.88. The SMILES string of the molecule is CC(C)(C)CC(=O)NCC(=O)OF.CC1(F)CC1. The second kappa shape index (κ2) is 6.66. The van der Waals surface area contributed by atoms with Crippen molar-refractivity contribution in [2.75, 3.05) is 6.54 Å². The summed E-state index contributed by atoms with van der Waals surface area (Å²) in [5.41, 5.74) is -0.899. The monoisotopic (exact) mass is 265 g/mol. The highest BCUT2D eigenvalue weighted by Gasteiger charge is 2.36. The summed E-state index contributed by atoms with van der Waals surface area (Å²) in [4.78, 5) is 24.2. The van der Waals surface area contributed by atoms with Gasteiger partial charge in [-0.1, -0.05) is 20.8 Å². The van der Waals surface area contributed by atoms with Crippen LogP contribution < -0.4 is 5.32 Å². The predicted octanol–water partition coefficient (Wildman–Crippen LogP) is 2.47. The quantitative estimate of drug-likeness (QED) is 0.853. The van der Waals surface area contributed by atoms with Gasteiger partial charge in [0.1, 0.15) is 12.2 Å². The number of rotatable bonds is 3. The van der Waals surface area contributed by atoms with Crippen LogP contribution in [0.1, 0.15) is 47.0 Å². The molecule has 1 fully saturated rings. The van der Waals surface area contributed by atoms with Crippen LogP contribution in [0.4, 0.5) is 8.92 Å². The zero-order chi connectivity index (χ0) is 14.4. The standard InChI is InChI=1S/C8H14FNO3.C4H7F/c1-8(2,3)4-6(11)10-5-7(12)13-9;1-4(5)2-3-4/h4-5H2,1-3H3,(H,10,11);2-3H2,1H3. The van der Waals surface area contributed by atoms with Gasteiger partial charge in [-0.3, -0.25) is 9.74 Å². The van der Waals surface area contributed by atoms with Gasteiger partial charge in [-0.15, -0.1) is 0 Å². The molecule has 0 aromatic heterocycles. The Balaban J connectivity index is 0.000000473. The van der Waals surface area contributed by atoms with Gasteiger partial charge in [-0.05, 0) is 25.2 Å². The lowest BCUT2D eigenvalue weighted by atomic mass is 9.92. The van der Waals surface area contributed by atoms with E-state index in [4.69, 9.17) is 0 Å². The van der Waals surface area contributed by atoms with Gasteiger partial charge in [0.05, 0.1) is 0 Å². The van der Waals surface area contributed by atoms with Crippen LogP contribution in [0.3, 0.4) is 0 Å². The van der Waals surface area contributed by atoms with E-state index in [1.165, 1.54) is 0 Å². The first-order valence-electron chi connectivity index (χ1n) is 5.83. The molecule has 0 aliphatic heterocycles. The van der Waals surface area contributed by atoms with Crippen molar-refractivity contribution < 1.29 is 23.4 Å². The molecule has 1 rings (SSSR count). The zero-order valence-corrected chi connectivity index (χ0v) is 11.3. The fourth-order valence-electron chi connectivity index (χ4n) is 0.914. The molecule has 0 spiro atoms. The number of hydrogen-bond acceptors (Lipinski definition) is 3. The molecule has 0 bridgehead atoms. The topological polar surface area (TPSA) is 55.4 Å². The van der Waals surface area contributed by atoms with Gasteiger partial charge in [0, 0.05) is 10.9 Å². The summed E-state index contributed by atoms with van der Waals surface area (Å²) in [7, 11) is 0. The van der Waals surface area contributed by atoms with Crippen LogP contribution in [0.15, 0.2) is 0 Å². The predicted molar refractivity (Wildman–Crippen MR) is 63.0 cm³/mol. The molecule has 0 unspecified atom stereocenters. The highest BCUT2D eigenvalue weighted by molar-refractivity contribution is 5.81. The maximum Gasteiger partial charge on any atom is 0.367 e. The van der Waals surface area contributed by atoms with E-state index in [-0.39, 0.29) is 17.7 Å². The largest absolute Gasteiger partial charge is 0.367 e. The smallest absolute Gasteiger partial charge is 0.345 e. The molecule has 6 heteroatoms. The van der Waals surface area contributed by atoms with Gasteiger partial charge >= 0.3 is 5.97 Å². The Kier molecular flexibility index (Phi) is 6.21. The van der Waals surface area contributed by atoms with Crippen molar-refractivity contribution in [1.82, 2.24) is 5.32 Å². The van der Waals surface area contributed by atoms with E-state index >= 15 is 0 Å². The van der Waals surface area contributed by atoms with E-state index in [9.17, 15) is 18.5 Å². The molecule has 0 aromatic carbocycles. The molecule has 1 saturated carbocycles. The van der Waals surface area contributed by atoms with Crippen LogP contribution >= 0.6 is 0 Å². The van der Waals surface area contributed by atoms with Crippen LogP contribution in [0.2, 0.25) is 0 Å². The van der Waals surface area contributed by atoms with Crippen LogP contribution in [-0.4, -0.2) is 24.1 Å². The summed E-state index contributed by atoms with van der Waals surface area (Å²) in [5.74, 6) is -1.39. The molecule has 1 N–H and O–H groups in total. The third kappa shape index (κ3) is 11.3. The second-order valence-corrected chi connectivity index (χ2v) is 5.88. The number of halogens is 2. The van der Waals surface area contributed by atoms with E-state index in [2.05, 4.69) is 10.3 Å². The molecule has 0 heterocycles. The molecule has 106 valence electrons. The van der Waals surface area contributed by atoms with Gasteiger partial charge in [-0.25, -0.2) is 9.18 Å². The minimum atomic E-state index is -1.10. The minimum absolute atomic E-state index is 0.149. The van der Waals surface area contributed by atoms with Crippen molar-refractivity contribution in [3.63, 3.8) is 0 Å². The number of hydrogen-bond donors (Lipinski definition) is 1. The van der Waals surface area contributed by atoms with Crippen molar-refractivity contribution >= 4 is 11.9 Å². The molecule has 4 nitrogen and oxygen atoms in total. The number of carbonyl (C=O) groups is 2. The number of amides is 1. The van der Waals surface area contributed by atoms with Gasteiger partial charge in [-0.2, -0.15) is 0 Å². The number of nitrogens with one attached hydrogen (secondary N) is 1. The number of carbonyl (C=O) groups excluding carboxylic acids is 2. The Morgan fingerprint density at radius 3 is 2.06 bits per heavy atom. The molecule has 0 radical (unpaired) electrons. The number of alkyl halides is 1. The normalized spacial score (nSPS) is 16.1. The first kappa shape index (κ1) is 16.8. The van der Waals surface area contributed by atoms with Gasteiger partial charge in [0.25, 0.3) is 0 Å². The van der Waals surface area contributed by atoms with Crippen LogP contribution in [0, 0.1) is 5.41 Å². The maximum atomic E-state index is 11.8. The fraction of sp³-hybridized carbons (Fsp3) is 0.833. The zero-order valence-electron chi connectivity index (χ0n) is 11.3. The van der Waals surface area contributed by atoms with Crippen molar-refractivity contribution in [3.05, 3.63) is 0 Å². The minimum Gasteiger partial charge on any atom is -0.345 e. The van der Waals surface area contributed by atoms with Gasteiger partial charge in [0.2, 0.25) is 5.91 Å². The molecule has 1 aliphatic carbocycles. The fourth-order valence-corrected chi connectivity index (χ4v) is 0.914. The summed E-state index contributed by atoms with van der Waals surface area (Å²) < 4.78 is 23.0. The summed E-state index contributed by atoms with van der Waals surface area (Å²) in [6.07, 6.45) is 1.85. The lowest BCUT2D eigenvalue weighted by molar-refractivity contribution is -0.182. The summed E-state index contributed by atoms with van der Waals surface area (Å²) >= 11 is 0. The molecule has 1 aliphatic rings. The highest BCUT2D eigenvalue weighted by Crippen LogP contribution is 2.38.